The van der Waals surface area contributed by atoms with E-state index >= 15 is 0 Å². The van der Waals surface area contributed by atoms with Crippen LogP contribution in [0.3, 0.4) is 0 Å². The predicted molar refractivity (Wildman–Crippen MR) is 117 cm³/mol. The number of hydrogen-bond acceptors (Lipinski definition) is 6. The van der Waals surface area contributed by atoms with Crippen molar-refractivity contribution in [3.63, 3.8) is 0 Å². The van der Waals surface area contributed by atoms with Crippen LogP contribution in [0.1, 0.15) is 40.0 Å². The first-order chi connectivity index (χ1) is 14.9. The maximum absolute atomic E-state index is 13.0. The predicted octanol–water partition coefficient (Wildman–Crippen LogP) is 2.46. The zero-order valence-corrected chi connectivity index (χ0v) is 18.2. The van der Waals surface area contributed by atoms with E-state index in [1.807, 2.05) is 0 Å². The fourth-order valence-electron chi connectivity index (χ4n) is 3.39. The van der Waals surface area contributed by atoms with Crippen LogP contribution in [0.5, 0.6) is 0 Å². The van der Waals surface area contributed by atoms with E-state index < -0.39 is 21.8 Å². The van der Waals surface area contributed by atoms with Crippen molar-refractivity contribution in [2.45, 2.75) is 23.5 Å². The Morgan fingerprint density at radius 2 is 1.87 bits per heavy atom. The fourth-order valence-corrected chi connectivity index (χ4v) is 6.43. The van der Waals surface area contributed by atoms with Gasteiger partial charge in [-0.3, -0.25) is 9.59 Å². The molecule has 2 aromatic heterocycles. The summed E-state index contributed by atoms with van der Waals surface area (Å²) < 4.78 is 28.9. The molecule has 0 spiro atoms. The normalized spacial score (nSPS) is 15.0. The molecule has 11 heteroatoms. The number of benzene rings is 1. The van der Waals surface area contributed by atoms with Crippen LogP contribution < -0.4 is 11.1 Å². The molecule has 1 fully saturated rings. The van der Waals surface area contributed by atoms with Crippen LogP contribution in [0, 0.1) is 0 Å². The van der Waals surface area contributed by atoms with Crippen molar-refractivity contribution >= 4 is 38.2 Å². The summed E-state index contributed by atoms with van der Waals surface area (Å²) in [5, 5.41) is 6.89. The van der Waals surface area contributed by atoms with Gasteiger partial charge in [0.05, 0.1) is 11.3 Å². The minimum Gasteiger partial charge on any atom is -0.366 e. The number of nitrogens with zero attached hydrogens (tertiary/aromatic N) is 3. The Morgan fingerprint density at radius 3 is 2.55 bits per heavy atom. The van der Waals surface area contributed by atoms with Gasteiger partial charge < -0.3 is 11.1 Å². The SMILES string of the molecule is NC(=O)c1cc(S(=O)(=O)N2CCCCC2)sc1NC(=O)c1cccc(-n2cccn2)c1. The molecule has 2 amide bonds. The molecule has 31 heavy (non-hydrogen) atoms. The van der Waals surface area contributed by atoms with Crippen molar-refractivity contribution in [1.29, 1.82) is 0 Å². The number of sulfonamides is 1. The molecule has 0 bridgehead atoms. The van der Waals surface area contributed by atoms with Crippen LogP contribution in [0.25, 0.3) is 5.69 Å². The van der Waals surface area contributed by atoms with E-state index in [4.69, 9.17) is 5.73 Å². The number of carbonyl (C=O) groups is 2. The average Bonchev–Trinajstić information content (AvgIpc) is 3.45. The van der Waals surface area contributed by atoms with Crippen LogP contribution >= 0.6 is 11.3 Å². The summed E-state index contributed by atoms with van der Waals surface area (Å²) in [6.07, 6.45) is 5.95. The quantitative estimate of drug-likeness (QED) is 0.585. The number of rotatable bonds is 6. The third-order valence-electron chi connectivity index (χ3n) is 4.99. The zero-order chi connectivity index (χ0) is 22.0. The lowest BCUT2D eigenvalue weighted by molar-refractivity contribution is 0.100. The summed E-state index contributed by atoms with van der Waals surface area (Å²) in [5.41, 5.74) is 6.44. The molecule has 3 aromatic rings. The minimum atomic E-state index is -3.75. The van der Waals surface area contributed by atoms with E-state index in [1.165, 1.54) is 10.4 Å². The second-order valence-corrected chi connectivity index (χ2v) is 10.3. The maximum atomic E-state index is 13.0. The highest BCUT2D eigenvalue weighted by molar-refractivity contribution is 7.91. The Kier molecular flexibility index (Phi) is 5.90. The Balaban J connectivity index is 1.62. The van der Waals surface area contributed by atoms with E-state index in [-0.39, 0.29) is 14.8 Å². The Morgan fingerprint density at radius 1 is 1.10 bits per heavy atom. The summed E-state index contributed by atoms with van der Waals surface area (Å²) in [6.45, 7) is 0.877. The van der Waals surface area contributed by atoms with Crippen LogP contribution in [-0.2, 0) is 10.0 Å². The third-order valence-corrected chi connectivity index (χ3v) is 8.39. The van der Waals surface area contributed by atoms with Gasteiger partial charge in [-0.25, -0.2) is 13.1 Å². The molecular formula is C20H21N5O4S2. The lowest BCUT2D eigenvalue weighted by Crippen LogP contribution is -2.35. The number of thiophene rings is 1. The molecule has 0 atom stereocenters. The number of hydrogen-bond donors (Lipinski definition) is 2. The van der Waals surface area contributed by atoms with Crippen molar-refractivity contribution in [1.82, 2.24) is 14.1 Å². The van der Waals surface area contributed by atoms with Gasteiger partial charge >= 0.3 is 0 Å². The lowest BCUT2D eigenvalue weighted by atomic mass is 10.2. The molecule has 1 aromatic carbocycles. The molecule has 0 radical (unpaired) electrons. The molecular weight excluding hydrogens is 438 g/mol. The zero-order valence-electron chi connectivity index (χ0n) is 16.5. The highest BCUT2D eigenvalue weighted by Crippen LogP contribution is 2.34. The second-order valence-electron chi connectivity index (χ2n) is 7.09. The van der Waals surface area contributed by atoms with Crippen LogP contribution in [0.2, 0.25) is 0 Å². The van der Waals surface area contributed by atoms with Crippen LogP contribution in [0.4, 0.5) is 5.00 Å². The minimum absolute atomic E-state index is 0.0104. The summed E-state index contributed by atoms with van der Waals surface area (Å²) in [6, 6.07) is 9.78. The molecule has 1 aliphatic rings. The molecule has 9 nitrogen and oxygen atoms in total. The first-order valence-corrected chi connectivity index (χ1v) is 12.0. The van der Waals surface area contributed by atoms with Gasteiger partial charge in [-0.15, -0.1) is 11.3 Å². The molecule has 162 valence electrons. The van der Waals surface area contributed by atoms with Gasteiger partial charge in [0.15, 0.2) is 0 Å². The molecule has 0 saturated carbocycles. The Bertz CT molecular complexity index is 1210. The molecule has 0 aliphatic carbocycles. The third kappa shape index (κ3) is 4.38. The highest BCUT2D eigenvalue weighted by Gasteiger charge is 2.30. The fraction of sp³-hybridized carbons (Fsp3) is 0.250. The number of nitrogens with one attached hydrogen (secondary N) is 1. The number of amides is 2. The second kappa shape index (κ2) is 8.61. The van der Waals surface area contributed by atoms with E-state index in [0.717, 1.165) is 30.6 Å². The molecule has 1 aliphatic heterocycles. The number of primary amides is 1. The standard InChI is InChI=1S/C20H21N5O4S2/c21-18(26)16-13-17(31(28,29)24-9-2-1-3-10-24)30-20(16)23-19(27)14-6-4-7-15(12-14)25-11-5-8-22-25/h4-8,11-13H,1-3,9-10H2,(H2,21,26)(H,23,27). The number of anilines is 1. The largest absolute Gasteiger partial charge is 0.366 e. The summed E-state index contributed by atoms with van der Waals surface area (Å²) in [7, 11) is -3.75. The molecule has 1 saturated heterocycles. The van der Waals surface area contributed by atoms with Gasteiger partial charge in [0.2, 0.25) is 0 Å². The number of nitrogens with two attached hydrogens (primary N) is 1. The topological polar surface area (TPSA) is 127 Å². The van der Waals surface area contributed by atoms with Crippen molar-refractivity contribution < 1.29 is 18.0 Å². The Hall–Kier alpha value is -3.02. The van der Waals surface area contributed by atoms with E-state index in [1.54, 1.807) is 47.4 Å². The van der Waals surface area contributed by atoms with Crippen molar-refractivity contribution in [3.05, 3.63) is 59.9 Å². The van der Waals surface area contributed by atoms with Gasteiger partial charge in [0.25, 0.3) is 21.8 Å². The number of carbonyl (C=O) groups excluding carboxylic acids is 2. The smallest absolute Gasteiger partial charge is 0.256 e. The van der Waals surface area contributed by atoms with E-state index in [0.29, 0.717) is 24.3 Å². The summed E-state index contributed by atoms with van der Waals surface area (Å²) in [5.74, 6) is -1.29. The Labute approximate surface area is 183 Å². The molecule has 4 rings (SSSR count). The molecule has 3 N–H and O–H groups in total. The van der Waals surface area contributed by atoms with Gasteiger partial charge in [-0.2, -0.15) is 9.40 Å². The molecule has 0 unspecified atom stereocenters. The average molecular weight is 460 g/mol. The van der Waals surface area contributed by atoms with Crippen LogP contribution in [0.15, 0.2) is 53.0 Å². The molecule has 3 heterocycles. The van der Waals surface area contributed by atoms with Crippen LogP contribution in [-0.4, -0.2) is 47.4 Å². The number of aromatic nitrogens is 2. The number of piperidine rings is 1. The lowest BCUT2D eigenvalue weighted by Gasteiger charge is -2.25. The van der Waals surface area contributed by atoms with Gasteiger partial charge in [-0.05, 0) is 43.2 Å². The van der Waals surface area contributed by atoms with Gasteiger partial charge in [0.1, 0.15) is 9.21 Å². The van der Waals surface area contributed by atoms with Gasteiger partial charge in [0, 0.05) is 31.0 Å². The summed E-state index contributed by atoms with van der Waals surface area (Å²) >= 11 is 0.833. The van der Waals surface area contributed by atoms with Crippen molar-refractivity contribution in [2.75, 3.05) is 18.4 Å². The first-order valence-electron chi connectivity index (χ1n) is 9.71. The highest BCUT2D eigenvalue weighted by atomic mass is 32.2. The van der Waals surface area contributed by atoms with E-state index in [9.17, 15) is 18.0 Å². The maximum Gasteiger partial charge on any atom is 0.256 e. The van der Waals surface area contributed by atoms with Crippen molar-refractivity contribution in [2.24, 2.45) is 5.73 Å². The van der Waals surface area contributed by atoms with Crippen molar-refractivity contribution in [3.8, 4) is 5.69 Å². The summed E-state index contributed by atoms with van der Waals surface area (Å²) in [4.78, 5) is 24.7. The monoisotopic (exact) mass is 459 g/mol. The van der Waals surface area contributed by atoms with E-state index in [2.05, 4.69) is 10.4 Å². The van der Waals surface area contributed by atoms with Gasteiger partial charge in [-0.1, -0.05) is 12.5 Å². The first kappa shape index (κ1) is 21.2.